The highest BCUT2D eigenvalue weighted by Crippen LogP contribution is 2.24. The second kappa shape index (κ2) is 6.38. The predicted octanol–water partition coefficient (Wildman–Crippen LogP) is 4.88. The van der Waals surface area contributed by atoms with Crippen molar-refractivity contribution in [3.05, 3.63) is 70.0 Å². The number of hydrogen-bond donors (Lipinski definition) is 1. The molecular formula is C17H18ClFO. The first-order valence-electron chi connectivity index (χ1n) is 6.69. The van der Waals surface area contributed by atoms with Gasteiger partial charge in [0.05, 0.1) is 11.1 Å². The lowest BCUT2D eigenvalue weighted by molar-refractivity contribution is 0.178. The quantitative estimate of drug-likeness (QED) is 0.851. The minimum absolute atomic E-state index is 0.0386. The molecule has 1 atom stereocenters. The van der Waals surface area contributed by atoms with E-state index >= 15 is 0 Å². The van der Waals surface area contributed by atoms with Crippen LogP contribution in [-0.2, 0) is 6.42 Å². The first kappa shape index (κ1) is 15.0. The summed E-state index contributed by atoms with van der Waals surface area (Å²) in [5.74, 6) is 0.0220. The van der Waals surface area contributed by atoms with E-state index < -0.39 is 11.9 Å². The maximum atomic E-state index is 13.1. The number of benzene rings is 2. The van der Waals surface area contributed by atoms with Crippen molar-refractivity contribution in [2.24, 2.45) is 0 Å². The second-order valence-corrected chi connectivity index (χ2v) is 5.70. The highest BCUT2D eigenvalue weighted by atomic mass is 35.5. The van der Waals surface area contributed by atoms with Crippen molar-refractivity contribution < 1.29 is 9.50 Å². The number of halogens is 2. The zero-order valence-electron chi connectivity index (χ0n) is 11.6. The summed E-state index contributed by atoms with van der Waals surface area (Å²) in [6, 6.07) is 12.5. The lowest BCUT2D eigenvalue weighted by Gasteiger charge is -2.13. The minimum Gasteiger partial charge on any atom is -0.388 e. The molecule has 1 unspecified atom stereocenters. The van der Waals surface area contributed by atoms with Crippen molar-refractivity contribution in [2.45, 2.75) is 32.3 Å². The standard InChI is InChI=1S/C17H18ClFO/c1-11(2)13-5-3-12(4-6-13)9-17(20)14-7-8-16(19)15(18)10-14/h3-8,10-11,17,20H,9H2,1-2H3. The summed E-state index contributed by atoms with van der Waals surface area (Å²) in [5, 5.41) is 10.2. The van der Waals surface area contributed by atoms with Crippen LogP contribution in [0, 0.1) is 5.82 Å². The molecule has 0 saturated heterocycles. The van der Waals surface area contributed by atoms with E-state index in [2.05, 4.69) is 26.0 Å². The molecule has 0 aliphatic rings. The second-order valence-electron chi connectivity index (χ2n) is 5.29. The molecule has 3 heteroatoms. The van der Waals surface area contributed by atoms with Crippen LogP contribution in [0.2, 0.25) is 5.02 Å². The Labute approximate surface area is 124 Å². The largest absolute Gasteiger partial charge is 0.388 e. The fourth-order valence-corrected chi connectivity index (χ4v) is 2.29. The van der Waals surface area contributed by atoms with Gasteiger partial charge in [-0.1, -0.05) is 55.8 Å². The number of aliphatic hydroxyl groups is 1. The molecule has 1 N–H and O–H groups in total. The van der Waals surface area contributed by atoms with Crippen LogP contribution in [0.5, 0.6) is 0 Å². The summed E-state index contributed by atoms with van der Waals surface area (Å²) in [5.41, 5.74) is 2.94. The molecule has 0 radical (unpaired) electrons. The molecular weight excluding hydrogens is 275 g/mol. The van der Waals surface area contributed by atoms with Gasteiger partial charge in [0.2, 0.25) is 0 Å². The number of hydrogen-bond acceptors (Lipinski definition) is 1. The molecule has 1 nitrogen and oxygen atoms in total. The molecule has 0 saturated carbocycles. The predicted molar refractivity (Wildman–Crippen MR) is 80.6 cm³/mol. The highest BCUT2D eigenvalue weighted by Gasteiger charge is 2.11. The Bertz CT molecular complexity index is 578. The molecule has 2 rings (SSSR count). The first-order valence-corrected chi connectivity index (χ1v) is 7.07. The molecule has 2 aromatic rings. The Morgan fingerprint density at radius 2 is 1.65 bits per heavy atom. The Balaban J connectivity index is 2.10. The third-order valence-electron chi connectivity index (χ3n) is 3.40. The van der Waals surface area contributed by atoms with Crippen LogP contribution in [0.1, 0.15) is 42.6 Å². The summed E-state index contributed by atoms with van der Waals surface area (Å²) in [6.45, 7) is 4.29. The van der Waals surface area contributed by atoms with E-state index in [1.807, 2.05) is 12.1 Å². The van der Waals surface area contributed by atoms with Gasteiger partial charge in [0, 0.05) is 6.42 Å². The molecule has 0 aliphatic heterocycles. The lowest BCUT2D eigenvalue weighted by atomic mass is 9.97. The van der Waals surface area contributed by atoms with E-state index in [0.717, 1.165) is 5.56 Å². The van der Waals surface area contributed by atoms with E-state index in [-0.39, 0.29) is 5.02 Å². The van der Waals surface area contributed by atoms with Crippen LogP contribution >= 0.6 is 11.6 Å². The van der Waals surface area contributed by atoms with E-state index in [9.17, 15) is 9.50 Å². The zero-order chi connectivity index (χ0) is 14.7. The monoisotopic (exact) mass is 292 g/mol. The zero-order valence-corrected chi connectivity index (χ0v) is 12.4. The van der Waals surface area contributed by atoms with Crippen LogP contribution in [0.3, 0.4) is 0 Å². The maximum Gasteiger partial charge on any atom is 0.141 e. The van der Waals surface area contributed by atoms with Crippen LogP contribution in [-0.4, -0.2) is 5.11 Å². The first-order chi connectivity index (χ1) is 9.47. The van der Waals surface area contributed by atoms with Crippen molar-refractivity contribution in [1.29, 1.82) is 0 Å². The Kier molecular flexibility index (Phi) is 4.79. The topological polar surface area (TPSA) is 20.2 Å². The molecule has 0 amide bonds. The van der Waals surface area contributed by atoms with Crippen molar-refractivity contribution in [3.8, 4) is 0 Å². The van der Waals surface area contributed by atoms with Crippen molar-refractivity contribution in [2.75, 3.05) is 0 Å². The smallest absolute Gasteiger partial charge is 0.141 e. The molecule has 106 valence electrons. The van der Waals surface area contributed by atoms with E-state index in [1.165, 1.54) is 17.7 Å². The van der Waals surface area contributed by atoms with Gasteiger partial charge in [0.15, 0.2) is 0 Å². The van der Waals surface area contributed by atoms with Crippen LogP contribution in [0.15, 0.2) is 42.5 Å². The van der Waals surface area contributed by atoms with E-state index in [1.54, 1.807) is 6.07 Å². The summed E-state index contributed by atoms with van der Waals surface area (Å²) in [6.07, 6.45) is -0.196. The average Bonchev–Trinajstić information content (AvgIpc) is 2.42. The van der Waals surface area contributed by atoms with Crippen LogP contribution in [0.4, 0.5) is 4.39 Å². The van der Waals surface area contributed by atoms with Gasteiger partial charge in [-0.25, -0.2) is 4.39 Å². The van der Waals surface area contributed by atoms with Gasteiger partial charge >= 0.3 is 0 Å². The van der Waals surface area contributed by atoms with Gasteiger partial charge < -0.3 is 5.11 Å². The van der Waals surface area contributed by atoms with Crippen LogP contribution < -0.4 is 0 Å². The minimum atomic E-state index is -0.682. The van der Waals surface area contributed by atoms with Gasteiger partial charge in [0.25, 0.3) is 0 Å². The molecule has 2 aromatic carbocycles. The van der Waals surface area contributed by atoms with Crippen molar-refractivity contribution in [3.63, 3.8) is 0 Å². The highest BCUT2D eigenvalue weighted by molar-refractivity contribution is 6.30. The normalized spacial score (nSPS) is 12.7. The fourth-order valence-electron chi connectivity index (χ4n) is 2.10. The van der Waals surface area contributed by atoms with Gasteiger partial charge in [-0.3, -0.25) is 0 Å². The SMILES string of the molecule is CC(C)c1ccc(CC(O)c2ccc(F)c(Cl)c2)cc1. The Morgan fingerprint density at radius 3 is 2.20 bits per heavy atom. The number of rotatable bonds is 4. The molecule has 0 heterocycles. The van der Waals surface area contributed by atoms with Crippen molar-refractivity contribution in [1.82, 2.24) is 0 Å². The fraction of sp³-hybridized carbons (Fsp3) is 0.294. The van der Waals surface area contributed by atoms with E-state index in [0.29, 0.717) is 17.9 Å². The average molecular weight is 293 g/mol. The van der Waals surface area contributed by atoms with Gasteiger partial charge in [-0.2, -0.15) is 0 Å². The third kappa shape index (κ3) is 3.59. The Morgan fingerprint density at radius 1 is 1.05 bits per heavy atom. The summed E-state index contributed by atoms with van der Waals surface area (Å²) in [4.78, 5) is 0. The van der Waals surface area contributed by atoms with Gasteiger partial charge in [0.1, 0.15) is 5.82 Å². The summed E-state index contributed by atoms with van der Waals surface area (Å²) < 4.78 is 13.1. The molecule has 20 heavy (non-hydrogen) atoms. The molecule has 0 bridgehead atoms. The van der Waals surface area contributed by atoms with Gasteiger partial charge in [-0.05, 0) is 34.7 Å². The van der Waals surface area contributed by atoms with Gasteiger partial charge in [-0.15, -0.1) is 0 Å². The number of aliphatic hydroxyl groups excluding tert-OH is 1. The molecule has 0 spiro atoms. The maximum absolute atomic E-state index is 13.1. The van der Waals surface area contributed by atoms with Crippen LogP contribution in [0.25, 0.3) is 0 Å². The molecule has 0 aromatic heterocycles. The molecule has 0 fully saturated rings. The Hall–Kier alpha value is -1.38. The molecule has 0 aliphatic carbocycles. The van der Waals surface area contributed by atoms with Crippen molar-refractivity contribution >= 4 is 11.6 Å². The lowest BCUT2D eigenvalue weighted by Crippen LogP contribution is -2.02. The summed E-state index contributed by atoms with van der Waals surface area (Å²) >= 11 is 5.73. The third-order valence-corrected chi connectivity index (χ3v) is 3.69. The van der Waals surface area contributed by atoms with E-state index in [4.69, 9.17) is 11.6 Å². The summed E-state index contributed by atoms with van der Waals surface area (Å²) in [7, 11) is 0.